The molecule has 0 N–H and O–H groups in total. The largest absolute Gasteiger partial charge is 0.493 e. The highest BCUT2D eigenvalue weighted by molar-refractivity contribution is 9.09. The van der Waals surface area contributed by atoms with Gasteiger partial charge in [-0.1, -0.05) is 46.3 Å². The maximum absolute atomic E-state index is 13.2. The Hall–Kier alpha value is -1.35. The van der Waals surface area contributed by atoms with Crippen LogP contribution in [0.25, 0.3) is 0 Å². The Morgan fingerprint density at radius 2 is 1.89 bits per heavy atom. The first-order valence-corrected chi connectivity index (χ1v) is 7.32. The summed E-state index contributed by atoms with van der Waals surface area (Å²) >= 11 is 3.51. The zero-order valence-electron chi connectivity index (χ0n) is 10.8. The van der Waals surface area contributed by atoms with Crippen LogP contribution >= 0.6 is 15.9 Å². The van der Waals surface area contributed by atoms with E-state index in [9.17, 15) is 4.39 Å². The molecule has 0 aliphatic heterocycles. The van der Waals surface area contributed by atoms with Gasteiger partial charge in [0.25, 0.3) is 0 Å². The lowest BCUT2D eigenvalue weighted by Gasteiger charge is -2.16. The lowest BCUT2D eigenvalue weighted by Crippen LogP contribution is -2.11. The van der Waals surface area contributed by atoms with Crippen LogP contribution in [0.1, 0.15) is 17.0 Å². The van der Waals surface area contributed by atoms with Gasteiger partial charge >= 0.3 is 0 Å². The van der Waals surface area contributed by atoms with Gasteiger partial charge in [-0.05, 0) is 36.2 Å². The monoisotopic (exact) mass is 322 g/mol. The van der Waals surface area contributed by atoms with Crippen molar-refractivity contribution in [3.63, 3.8) is 0 Å². The third-order valence-corrected chi connectivity index (χ3v) is 3.82. The lowest BCUT2D eigenvalue weighted by molar-refractivity contribution is 0.297. The van der Waals surface area contributed by atoms with Crippen molar-refractivity contribution in [2.75, 3.05) is 11.9 Å². The first kappa shape index (κ1) is 14.1. The summed E-state index contributed by atoms with van der Waals surface area (Å²) in [4.78, 5) is 0. The molecule has 2 aromatic rings. The Kier molecular flexibility index (Phi) is 4.97. The molecule has 0 heterocycles. The standard InChI is InChI=1S/C16H16BrFO/c1-12-9-15(7-8-16(12)18)19-11-14(10-17)13-5-3-2-4-6-13/h2-9,14H,10-11H2,1H3. The van der Waals surface area contributed by atoms with E-state index in [0.717, 1.165) is 5.33 Å². The topological polar surface area (TPSA) is 9.23 Å². The van der Waals surface area contributed by atoms with Crippen LogP contribution in [0.2, 0.25) is 0 Å². The summed E-state index contributed by atoms with van der Waals surface area (Å²) in [5, 5.41) is 0.831. The second-order valence-corrected chi connectivity index (χ2v) is 5.13. The van der Waals surface area contributed by atoms with E-state index in [0.29, 0.717) is 17.9 Å². The zero-order valence-corrected chi connectivity index (χ0v) is 12.4. The molecule has 1 nitrogen and oxygen atoms in total. The summed E-state index contributed by atoms with van der Waals surface area (Å²) in [6.07, 6.45) is 0. The fourth-order valence-corrected chi connectivity index (χ4v) is 2.42. The quantitative estimate of drug-likeness (QED) is 0.725. The van der Waals surface area contributed by atoms with Crippen molar-refractivity contribution in [1.82, 2.24) is 0 Å². The van der Waals surface area contributed by atoms with Gasteiger partial charge in [0.2, 0.25) is 0 Å². The van der Waals surface area contributed by atoms with E-state index in [-0.39, 0.29) is 11.7 Å². The SMILES string of the molecule is Cc1cc(OCC(CBr)c2ccccc2)ccc1F. The summed E-state index contributed by atoms with van der Waals surface area (Å²) in [7, 11) is 0. The van der Waals surface area contributed by atoms with Crippen LogP contribution in [0.4, 0.5) is 4.39 Å². The van der Waals surface area contributed by atoms with Crippen molar-refractivity contribution in [2.24, 2.45) is 0 Å². The first-order chi connectivity index (χ1) is 9.20. The summed E-state index contributed by atoms with van der Waals surface area (Å²) in [5.41, 5.74) is 1.84. The average molecular weight is 323 g/mol. The molecule has 100 valence electrons. The lowest BCUT2D eigenvalue weighted by atomic mass is 10.0. The molecular weight excluding hydrogens is 307 g/mol. The predicted octanol–water partition coefficient (Wildman–Crippen LogP) is 4.69. The van der Waals surface area contributed by atoms with Gasteiger partial charge in [0, 0.05) is 11.2 Å². The summed E-state index contributed by atoms with van der Waals surface area (Å²) in [5.74, 6) is 0.791. The summed E-state index contributed by atoms with van der Waals surface area (Å²) in [6, 6.07) is 15.1. The van der Waals surface area contributed by atoms with Gasteiger partial charge in [0.15, 0.2) is 0 Å². The van der Waals surface area contributed by atoms with Crippen LogP contribution in [0.3, 0.4) is 0 Å². The number of hydrogen-bond acceptors (Lipinski definition) is 1. The number of rotatable bonds is 5. The molecule has 0 aromatic heterocycles. The third-order valence-electron chi connectivity index (χ3n) is 3.04. The molecule has 0 aliphatic carbocycles. The van der Waals surface area contributed by atoms with Crippen molar-refractivity contribution in [2.45, 2.75) is 12.8 Å². The number of benzene rings is 2. The third kappa shape index (κ3) is 3.80. The second-order valence-electron chi connectivity index (χ2n) is 4.48. The van der Waals surface area contributed by atoms with Gasteiger partial charge in [0.1, 0.15) is 11.6 Å². The molecule has 0 spiro atoms. The maximum atomic E-state index is 13.2. The molecule has 0 saturated carbocycles. The number of aryl methyl sites for hydroxylation is 1. The van der Waals surface area contributed by atoms with Crippen LogP contribution in [0.5, 0.6) is 5.75 Å². The molecule has 0 bridgehead atoms. The van der Waals surface area contributed by atoms with Crippen LogP contribution in [-0.4, -0.2) is 11.9 Å². The molecule has 0 fully saturated rings. The van der Waals surface area contributed by atoms with E-state index in [1.807, 2.05) is 18.2 Å². The molecule has 0 aliphatic rings. The van der Waals surface area contributed by atoms with Crippen molar-refractivity contribution >= 4 is 15.9 Å². The minimum atomic E-state index is -0.201. The summed E-state index contributed by atoms with van der Waals surface area (Å²) < 4.78 is 18.9. The van der Waals surface area contributed by atoms with E-state index >= 15 is 0 Å². The molecule has 0 saturated heterocycles. The highest BCUT2D eigenvalue weighted by Crippen LogP contribution is 2.21. The predicted molar refractivity (Wildman–Crippen MR) is 79.6 cm³/mol. The number of ether oxygens (including phenoxy) is 1. The minimum Gasteiger partial charge on any atom is -0.493 e. The Morgan fingerprint density at radius 3 is 2.53 bits per heavy atom. The van der Waals surface area contributed by atoms with Gasteiger partial charge in [-0.3, -0.25) is 0 Å². The molecular formula is C16H16BrFO. The fraction of sp³-hybridized carbons (Fsp3) is 0.250. The molecule has 1 unspecified atom stereocenters. The Bertz CT molecular complexity index is 528. The van der Waals surface area contributed by atoms with Crippen molar-refractivity contribution in [1.29, 1.82) is 0 Å². The highest BCUT2D eigenvalue weighted by atomic mass is 79.9. The van der Waals surface area contributed by atoms with Crippen molar-refractivity contribution in [3.8, 4) is 5.75 Å². The van der Waals surface area contributed by atoms with Gasteiger partial charge in [-0.2, -0.15) is 0 Å². The molecule has 2 rings (SSSR count). The van der Waals surface area contributed by atoms with Gasteiger partial charge < -0.3 is 4.74 Å². The molecule has 1 atom stereocenters. The molecule has 0 amide bonds. The summed E-state index contributed by atoms with van der Waals surface area (Å²) in [6.45, 7) is 2.31. The van der Waals surface area contributed by atoms with Crippen LogP contribution in [0.15, 0.2) is 48.5 Å². The fourth-order valence-electron chi connectivity index (χ4n) is 1.86. The minimum absolute atomic E-state index is 0.201. The highest BCUT2D eigenvalue weighted by Gasteiger charge is 2.11. The van der Waals surface area contributed by atoms with Gasteiger partial charge in [-0.15, -0.1) is 0 Å². The van der Waals surface area contributed by atoms with E-state index in [1.165, 1.54) is 11.6 Å². The molecule has 3 heteroatoms. The van der Waals surface area contributed by atoms with E-state index in [4.69, 9.17) is 4.74 Å². The molecule has 2 aromatic carbocycles. The van der Waals surface area contributed by atoms with Crippen molar-refractivity contribution in [3.05, 3.63) is 65.5 Å². The molecule has 19 heavy (non-hydrogen) atoms. The van der Waals surface area contributed by atoms with Crippen LogP contribution in [0, 0.1) is 12.7 Å². The zero-order chi connectivity index (χ0) is 13.7. The number of halogens is 2. The smallest absolute Gasteiger partial charge is 0.126 e. The van der Waals surface area contributed by atoms with Gasteiger partial charge in [0.05, 0.1) is 6.61 Å². The Labute approximate surface area is 121 Å². The van der Waals surface area contributed by atoms with Crippen LogP contribution in [-0.2, 0) is 0 Å². The first-order valence-electron chi connectivity index (χ1n) is 6.20. The van der Waals surface area contributed by atoms with Gasteiger partial charge in [-0.25, -0.2) is 4.39 Å². The number of alkyl halides is 1. The van der Waals surface area contributed by atoms with Crippen LogP contribution < -0.4 is 4.74 Å². The van der Waals surface area contributed by atoms with E-state index in [2.05, 4.69) is 28.1 Å². The average Bonchev–Trinajstić information content (AvgIpc) is 2.44. The van der Waals surface area contributed by atoms with E-state index in [1.54, 1.807) is 19.1 Å². The van der Waals surface area contributed by atoms with Crippen molar-refractivity contribution < 1.29 is 9.13 Å². The van der Waals surface area contributed by atoms with E-state index < -0.39 is 0 Å². The Morgan fingerprint density at radius 1 is 1.16 bits per heavy atom. The second kappa shape index (κ2) is 6.71. The Balaban J connectivity index is 2.02. The molecule has 0 radical (unpaired) electrons. The maximum Gasteiger partial charge on any atom is 0.126 e. The normalized spacial score (nSPS) is 12.2. The number of hydrogen-bond donors (Lipinski definition) is 0.